The summed E-state index contributed by atoms with van der Waals surface area (Å²) in [6, 6.07) is 9.63. The summed E-state index contributed by atoms with van der Waals surface area (Å²) in [6.45, 7) is 3.61. The van der Waals surface area contributed by atoms with Crippen molar-refractivity contribution in [2.75, 3.05) is 11.5 Å². The van der Waals surface area contributed by atoms with Crippen molar-refractivity contribution >= 4 is 23.3 Å². The maximum Gasteiger partial charge on any atom is 0.337 e. The highest BCUT2D eigenvalue weighted by Gasteiger charge is 2.07. The maximum atomic E-state index is 10.5. The fourth-order valence-corrected chi connectivity index (χ4v) is 1.64. The van der Waals surface area contributed by atoms with Crippen molar-refractivity contribution in [3.05, 3.63) is 58.7 Å². The summed E-state index contributed by atoms with van der Waals surface area (Å²) in [4.78, 5) is 20.9. The van der Waals surface area contributed by atoms with E-state index in [1.807, 2.05) is 6.92 Å². The van der Waals surface area contributed by atoms with Crippen molar-refractivity contribution < 1.29 is 19.8 Å². The number of hydrogen-bond donors (Lipinski definition) is 4. The highest BCUT2D eigenvalue weighted by molar-refractivity contribution is 5.94. The van der Waals surface area contributed by atoms with E-state index >= 15 is 0 Å². The summed E-state index contributed by atoms with van der Waals surface area (Å²) in [5, 5.41) is 17.2. The second-order valence-electron chi connectivity index (χ2n) is 4.72. The highest BCUT2D eigenvalue weighted by Crippen LogP contribution is 2.15. The van der Waals surface area contributed by atoms with Crippen LogP contribution in [0.15, 0.2) is 36.4 Å². The molecule has 2 rings (SSSR count). The van der Waals surface area contributed by atoms with Crippen molar-refractivity contribution in [1.29, 1.82) is 0 Å². The van der Waals surface area contributed by atoms with Gasteiger partial charge in [0.25, 0.3) is 0 Å². The van der Waals surface area contributed by atoms with Gasteiger partial charge in [0.1, 0.15) is 0 Å². The van der Waals surface area contributed by atoms with Gasteiger partial charge in [-0.25, -0.2) is 9.59 Å². The number of hydrogen-bond acceptors (Lipinski definition) is 4. The molecule has 0 saturated carbocycles. The van der Waals surface area contributed by atoms with Gasteiger partial charge in [-0.2, -0.15) is 0 Å². The van der Waals surface area contributed by atoms with Gasteiger partial charge in [0, 0.05) is 11.4 Å². The Bertz CT molecular complexity index is 711. The number of carboxylic acids is 2. The molecule has 0 amide bonds. The monoisotopic (exact) mass is 302 g/mol. The quantitative estimate of drug-likeness (QED) is 0.631. The number of anilines is 2. The third-order valence-corrected chi connectivity index (χ3v) is 3.08. The van der Waals surface area contributed by atoms with Crippen LogP contribution in [0.5, 0.6) is 0 Å². The summed E-state index contributed by atoms with van der Waals surface area (Å²) in [7, 11) is 0. The van der Waals surface area contributed by atoms with E-state index in [4.69, 9.17) is 21.7 Å². The lowest BCUT2D eigenvalue weighted by Crippen LogP contribution is -2.03. The van der Waals surface area contributed by atoms with Gasteiger partial charge < -0.3 is 21.7 Å². The number of para-hydroxylation sites is 1. The molecule has 6 heteroatoms. The largest absolute Gasteiger partial charge is 0.478 e. The van der Waals surface area contributed by atoms with Crippen molar-refractivity contribution in [1.82, 2.24) is 0 Å². The molecule has 2 aromatic rings. The van der Waals surface area contributed by atoms with Crippen LogP contribution in [0.2, 0.25) is 0 Å². The fourth-order valence-electron chi connectivity index (χ4n) is 1.64. The summed E-state index contributed by atoms with van der Waals surface area (Å²) >= 11 is 0. The average molecular weight is 302 g/mol. The van der Waals surface area contributed by atoms with Gasteiger partial charge in [0.2, 0.25) is 0 Å². The van der Waals surface area contributed by atoms with Gasteiger partial charge in [-0.05, 0) is 43.2 Å². The van der Waals surface area contributed by atoms with Gasteiger partial charge in [0.15, 0.2) is 0 Å². The van der Waals surface area contributed by atoms with Gasteiger partial charge in [-0.15, -0.1) is 0 Å². The first-order valence-electron chi connectivity index (χ1n) is 6.41. The molecule has 2 aromatic carbocycles. The van der Waals surface area contributed by atoms with E-state index in [9.17, 15) is 9.59 Å². The van der Waals surface area contributed by atoms with E-state index in [-0.39, 0.29) is 11.1 Å². The number of carbonyl (C=O) groups is 2. The van der Waals surface area contributed by atoms with Crippen LogP contribution in [0.1, 0.15) is 31.8 Å². The van der Waals surface area contributed by atoms with E-state index in [1.165, 1.54) is 18.2 Å². The first-order chi connectivity index (χ1) is 10.2. The van der Waals surface area contributed by atoms with Gasteiger partial charge in [-0.3, -0.25) is 0 Å². The van der Waals surface area contributed by atoms with E-state index in [2.05, 4.69) is 0 Å². The van der Waals surface area contributed by atoms with Crippen LogP contribution in [-0.2, 0) is 0 Å². The van der Waals surface area contributed by atoms with Crippen LogP contribution in [0, 0.1) is 13.8 Å². The minimum Gasteiger partial charge on any atom is -0.478 e. The third kappa shape index (κ3) is 4.24. The van der Waals surface area contributed by atoms with Gasteiger partial charge in [0.05, 0.1) is 11.1 Å². The zero-order valence-corrected chi connectivity index (χ0v) is 12.3. The zero-order valence-electron chi connectivity index (χ0n) is 12.3. The fraction of sp³-hybridized carbons (Fsp3) is 0.125. The van der Waals surface area contributed by atoms with Crippen molar-refractivity contribution in [2.24, 2.45) is 0 Å². The molecule has 0 spiro atoms. The molecular formula is C16H18N2O4. The van der Waals surface area contributed by atoms with Crippen molar-refractivity contribution in [3.8, 4) is 0 Å². The molecule has 0 aliphatic heterocycles. The number of rotatable bonds is 2. The first kappa shape index (κ1) is 17.0. The molecule has 6 nitrogen and oxygen atoms in total. The predicted octanol–water partition coefficient (Wildman–Crippen LogP) is 2.55. The van der Waals surface area contributed by atoms with E-state index < -0.39 is 11.9 Å². The number of carboxylic acid groups (broad SMARTS) is 2. The van der Waals surface area contributed by atoms with E-state index in [0.717, 1.165) is 11.1 Å². The van der Waals surface area contributed by atoms with E-state index in [0.29, 0.717) is 11.4 Å². The average Bonchev–Trinajstić information content (AvgIpc) is 2.45. The third-order valence-electron chi connectivity index (χ3n) is 3.08. The number of nitrogen functional groups attached to an aromatic ring is 2. The normalized spacial score (nSPS) is 9.55. The molecule has 0 unspecified atom stereocenters. The molecule has 0 atom stereocenters. The number of benzene rings is 2. The Morgan fingerprint density at radius 1 is 0.909 bits per heavy atom. The maximum absolute atomic E-state index is 10.5. The Morgan fingerprint density at radius 3 is 2.00 bits per heavy atom. The Hall–Kier alpha value is -3.02. The first-order valence-corrected chi connectivity index (χ1v) is 6.41. The molecule has 116 valence electrons. The molecule has 22 heavy (non-hydrogen) atoms. The minimum absolute atomic E-state index is 0.171. The van der Waals surface area contributed by atoms with Gasteiger partial charge >= 0.3 is 11.9 Å². The van der Waals surface area contributed by atoms with Crippen LogP contribution in [0.4, 0.5) is 11.4 Å². The molecule has 0 radical (unpaired) electrons. The molecule has 0 aliphatic carbocycles. The Balaban J connectivity index is 0.000000220. The topological polar surface area (TPSA) is 127 Å². The van der Waals surface area contributed by atoms with Crippen molar-refractivity contribution in [2.45, 2.75) is 13.8 Å². The lowest BCUT2D eigenvalue weighted by Gasteiger charge is -2.02. The Morgan fingerprint density at radius 2 is 1.55 bits per heavy atom. The van der Waals surface area contributed by atoms with E-state index in [1.54, 1.807) is 25.1 Å². The van der Waals surface area contributed by atoms with Crippen molar-refractivity contribution in [3.63, 3.8) is 0 Å². The Labute approximate surface area is 128 Å². The minimum atomic E-state index is -0.980. The van der Waals surface area contributed by atoms with Crippen LogP contribution >= 0.6 is 0 Å². The second-order valence-corrected chi connectivity index (χ2v) is 4.72. The number of aromatic carboxylic acids is 2. The SMILES string of the molecule is Cc1ccc(C(=O)O)cc1N.Cc1cccc(C(=O)O)c1N. The predicted molar refractivity (Wildman–Crippen MR) is 85.1 cm³/mol. The van der Waals surface area contributed by atoms with Crippen LogP contribution in [0.3, 0.4) is 0 Å². The lowest BCUT2D eigenvalue weighted by atomic mass is 10.1. The van der Waals surface area contributed by atoms with Crippen LogP contribution in [0.25, 0.3) is 0 Å². The highest BCUT2D eigenvalue weighted by atomic mass is 16.4. The smallest absolute Gasteiger partial charge is 0.337 e. The molecule has 6 N–H and O–H groups in total. The summed E-state index contributed by atoms with van der Waals surface area (Å²) in [5.41, 5.74) is 14.0. The number of aryl methyl sites for hydroxylation is 2. The molecule has 0 bridgehead atoms. The Kier molecular flexibility index (Phi) is 5.51. The molecule has 0 heterocycles. The summed E-state index contributed by atoms with van der Waals surface area (Å²) < 4.78 is 0. The molecule has 0 fully saturated rings. The molecular weight excluding hydrogens is 284 g/mol. The summed E-state index contributed by atoms with van der Waals surface area (Å²) in [5.74, 6) is -1.93. The molecule has 0 saturated heterocycles. The van der Waals surface area contributed by atoms with Gasteiger partial charge in [-0.1, -0.05) is 18.2 Å². The zero-order chi connectivity index (χ0) is 16.9. The standard InChI is InChI=1S/2C8H9NO2/c1-5-2-3-6(8(10)11)4-7(5)9;1-5-3-2-4-6(7(5)9)8(10)11/h2*2-4H,9H2,1H3,(H,10,11). The molecule has 0 aromatic heterocycles. The second kappa shape index (κ2) is 7.12. The summed E-state index contributed by atoms with van der Waals surface area (Å²) in [6.07, 6.45) is 0. The lowest BCUT2D eigenvalue weighted by molar-refractivity contribution is 0.0686. The van der Waals surface area contributed by atoms with Crippen LogP contribution < -0.4 is 11.5 Å². The number of nitrogens with two attached hydrogens (primary N) is 2. The van der Waals surface area contributed by atoms with Crippen LogP contribution in [-0.4, -0.2) is 22.2 Å². The molecule has 0 aliphatic rings.